The van der Waals surface area contributed by atoms with E-state index in [-0.39, 0.29) is 16.6 Å². The average Bonchev–Trinajstić information content (AvgIpc) is 2.81. The van der Waals surface area contributed by atoms with Crippen LogP contribution < -0.4 is 0 Å². The number of benzene rings is 2. The van der Waals surface area contributed by atoms with Gasteiger partial charge in [0.05, 0.1) is 16.8 Å². The molecule has 118 valence electrons. The summed E-state index contributed by atoms with van der Waals surface area (Å²) < 4.78 is 38.9. The van der Waals surface area contributed by atoms with E-state index in [4.69, 9.17) is 11.6 Å². The SMILES string of the molecule is Oc1[nH]c2c(C(F)(F)F)cccc2c1N=Nc1ccc(Cl)cc1. The molecule has 0 spiro atoms. The van der Waals surface area contributed by atoms with Crippen LogP contribution in [0.25, 0.3) is 10.9 Å². The number of H-pyrrole nitrogens is 1. The summed E-state index contributed by atoms with van der Waals surface area (Å²) in [6, 6.07) is 10.0. The van der Waals surface area contributed by atoms with Crippen LogP contribution in [0.1, 0.15) is 5.56 Å². The molecule has 0 aliphatic carbocycles. The minimum atomic E-state index is -4.54. The van der Waals surface area contributed by atoms with E-state index in [1.165, 1.54) is 12.1 Å². The molecule has 3 aromatic rings. The first-order valence-electron chi connectivity index (χ1n) is 6.44. The zero-order chi connectivity index (χ0) is 16.6. The lowest BCUT2D eigenvalue weighted by Gasteiger charge is -2.06. The third-order valence-electron chi connectivity index (χ3n) is 3.18. The van der Waals surface area contributed by atoms with Gasteiger partial charge < -0.3 is 10.1 Å². The number of hydrogen-bond donors (Lipinski definition) is 2. The highest BCUT2D eigenvalue weighted by atomic mass is 35.5. The number of aromatic amines is 1. The number of alkyl halides is 3. The van der Waals surface area contributed by atoms with Crippen molar-refractivity contribution in [2.75, 3.05) is 0 Å². The summed E-state index contributed by atoms with van der Waals surface area (Å²) in [5.74, 6) is -0.477. The molecular weight excluding hydrogens is 331 g/mol. The summed E-state index contributed by atoms with van der Waals surface area (Å²) in [5, 5.41) is 18.3. The van der Waals surface area contributed by atoms with Gasteiger partial charge in [-0.25, -0.2) is 0 Å². The number of rotatable bonds is 2. The van der Waals surface area contributed by atoms with Crippen LogP contribution in [0.3, 0.4) is 0 Å². The normalized spacial score (nSPS) is 12.3. The molecule has 0 saturated carbocycles. The number of fused-ring (bicyclic) bond motifs is 1. The second-order valence-electron chi connectivity index (χ2n) is 4.72. The number of nitrogens with zero attached hydrogens (tertiary/aromatic N) is 2. The molecule has 2 aromatic carbocycles. The van der Waals surface area contributed by atoms with Crippen LogP contribution in [0.4, 0.5) is 24.5 Å². The van der Waals surface area contributed by atoms with Gasteiger partial charge in [-0.2, -0.15) is 18.3 Å². The topological polar surface area (TPSA) is 60.7 Å². The summed E-state index contributed by atoms with van der Waals surface area (Å²) in [7, 11) is 0. The number of halogens is 4. The Labute approximate surface area is 133 Å². The van der Waals surface area contributed by atoms with Gasteiger partial charge in [0.25, 0.3) is 0 Å². The molecule has 4 nitrogen and oxygen atoms in total. The minimum Gasteiger partial charge on any atom is -0.493 e. The van der Waals surface area contributed by atoms with Crippen LogP contribution in [-0.2, 0) is 6.18 Å². The number of aromatic nitrogens is 1. The Morgan fingerprint density at radius 1 is 1.00 bits per heavy atom. The first-order chi connectivity index (χ1) is 10.9. The molecule has 0 bridgehead atoms. The summed E-state index contributed by atoms with van der Waals surface area (Å²) >= 11 is 5.75. The largest absolute Gasteiger partial charge is 0.493 e. The van der Waals surface area contributed by atoms with E-state index in [1.54, 1.807) is 24.3 Å². The zero-order valence-corrected chi connectivity index (χ0v) is 12.2. The van der Waals surface area contributed by atoms with Crippen molar-refractivity contribution in [3.05, 3.63) is 53.1 Å². The standard InChI is InChI=1S/C15H9ClF3N3O/c16-8-4-6-9(7-5-8)21-22-13-10-2-1-3-11(15(17,18)19)12(10)20-14(13)23/h1-7,20,23H. The maximum absolute atomic E-state index is 13.0. The molecule has 0 fully saturated rings. The highest BCUT2D eigenvalue weighted by molar-refractivity contribution is 6.30. The van der Waals surface area contributed by atoms with Crippen LogP contribution in [0.15, 0.2) is 52.7 Å². The van der Waals surface area contributed by atoms with Crippen molar-refractivity contribution in [1.82, 2.24) is 4.98 Å². The molecule has 1 heterocycles. The first kappa shape index (κ1) is 15.4. The van der Waals surface area contributed by atoms with Crippen LogP contribution in [0.2, 0.25) is 5.02 Å². The molecule has 8 heteroatoms. The summed E-state index contributed by atoms with van der Waals surface area (Å²) in [4.78, 5) is 2.31. The van der Waals surface area contributed by atoms with Crippen molar-refractivity contribution in [3.8, 4) is 5.88 Å². The minimum absolute atomic E-state index is 0.0546. The molecule has 0 unspecified atom stereocenters. The van der Waals surface area contributed by atoms with Crippen molar-refractivity contribution in [2.45, 2.75) is 6.18 Å². The van der Waals surface area contributed by atoms with Crippen molar-refractivity contribution >= 4 is 33.9 Å². The van der Waals surface area contributed by atoms with E-state index in [0.29, 0.717) is 10.7 Å². The molecule has 0 saturated heterocycles. The van der Waals surface area contributed by atoms with Gasteiger partial charge in [-0.1, -0.05) is 23.7 Å². The van der Waals surface area contributed by atoms with E-state index in [9.17, 15) is 18.3 Å². The Morgan fingerprint density at radius 2 is 1.70 bits per heavy atom. The summed E-state index contributed by atoms with van der Waals surface area (Å²) in [6.07, 6.45) is -4.54. The molecule has 3 rings (SSSR count). The monoisotopic (exact) mass is 339 g/mol. The number of nitrogens with one attached hydrogen (secondary N) is 1. The van der Waals surface area contributed by atoms with Crippen molar-refractivity contribution < 1.29 is 18.3 Å². The fourth-order valence-corrected chi connectivity index (χ4v) is 2.27. The second-order valence-corrected chi connectivity index (χ2v) is 5.16. The van der Waals surface area contributed by atoms with Crippen LogP contribution in [0, 0.1) is 0 Å². The van der Waals surface area contributed by atoms with E-state index >= 15 is 0 Å². The van der Waals surface area contributed by atoms with Crippen molar-refractivity contribution in [2.24, 2.45) is 10.2 Å². The van der Waals surface area contributed by atoms with Gasteiger partial charge in [-0.15, -0.1) is 5.11 Å². The van der Waals surface area contributed by atoms with Gasteiger partial charge in [0.2, 0.25) is 5.88 Å². The van der Waals surface area contributed by atoms with Crippen LogP contribution in [0.5, 0.6) is 5.88 Å². The van der Waals surface area contributed by atoms with Crippen LogP contribution in [-0.4, -0.2) is 10.1 Å². The quantitative estimate of drug-likeness (QED) is 0.556. The van der Waals surface area contributed by atoms with Crippen LogP contribution >= 0.6 is 11.6 Å². The smallest absolute Gasteiger partial charge is 0.418 e. The highest BCUT2D eigenvalue weighted by Crippen LogP contribution is 2.42. The molecule has 0 radical (unpaired) electrons. The van der Waals surface area contributed by atoms with E-state index in [2.05, 4.69) is 15.2 Å². The highest BCUT2D eigenvalue weighted by Gasteiger charge is 2.34. The predicted molar refractivity (Wildman–Crippen MR) is 80.6 cm³/mol. The lowest BCUT2D eigenvalue weighted by Crippen LogP contribution is -2.05. The lowest BCUT2D eigenvalue weighted by atomic mass is 10.1. The molecular formula is C15H9ClF3N3O. The van der Waals surface area contributed by atoms with Crippen molar-refractivity contribution in [1.29, 1.82) is 0 Å². The molecule has 1 aromatic heterocycles. The van der Waals surface area contributed by atoms with Crippen molar-refractivity contribution in [3.63, 3.8) is 0 Å². The van der Waals surface area contributed by atoms with Gasteiger partial charge >= 0.3 is 6.18 Å². The maximum Gasteiger partial charge on any atom is 0.418 e. The molecule has 23 heavy (non-hydrogen) atoms. The number of aromatic hydroxyl groups is 1. The zero-order valence-electron chi connectivity index (χ0n) is 11.4. The third-order valence-corrected chi connectivity index (χ3v) is 3.44. The van der Waals surface area contributed by atoms with E-state index in [1.807, 2.05) is 0 Å². The fraction of sp³-hybridized carbons (Fsp3) is 0.0667. The number of para-hydroxylation sites is 1. The Balaban J connectivity index is 2.08. The molecule has 2 N–H and O–H groups in total. The maximum atomic E-state index is 13.0. The molecule has 0 aliphatic heterocycles. The first-order valence-corrected chi connectivity index (χ1v) is 6.82. The number of hydrogen-bond acceptors (Lipinski definition) is 3. The molecule has 0 amide bonds. The van der Waals surface area contributed by atoms with Gasteiger partial charge in [0.1, 0.15) is 0 Å². The Kier molecular flexibility index (Phi) is 3.73. The Hall–Kier alpha value is -2.54. The molecule has 0 atom stereocenters. The van der Waals surface area contributed by atoms with Gasteiger partial charge in [-0.3, -0.25) is 0 Å². The summed E-state index contributed by atoms with van der Waals surface area (Å²) in [5.41, 5.74) is -0.711. The predicted octanol–water partition coefficient (Wildman–Crippen LogP) is 5.96. The van der Waals surface area contributed by atoms with Gasteiger partial charge in [0, 0.05) is 10.4 Å². The van der Waals surface area contributed by atoms with E-state index in [0.717, 1.165) is 6.07 Å². The average molecular weight is 340 g/mol. The Morgan fingerprint density at radius 3 is 2.35 bits per heavy atom. The lowest BCUT2D eigenvalue weighted by molar-refractivity contribution is -0.136. The molecule has 0 aliphatic rings. The second kappa shape index (κ2) is 5.58. The Bertz CT molecular complexity index is 885. The fourth-order valence-electron chi connectivity index (χ4n) is 2.14. The van der Waals surface area contributed by atoms with E-state index < -0.39 is 17.6 Å². The van der Waals surface area contributed by atoms with Gasteiger partial charge in [-0.05, 0) is 30.3 Å². The number of azo groups is 1. The summed E-state index contributed by atoms with van der Waals surface area (Å²) in [6.45, 7) is 0. The van der Waals surface area contributed by atoms with Gasteiger partial charge in [0.15, 0.2) is 5.69 Å². The third kappa shape index (κ3) is 3.00.